The first-order chi connectivity index (χ1) is 11.1. The monoisotopic (exact) mass is 362 g/mol. The summed E-state index contributed by atoms with van der Waals surface area (Å²) in [4.78, 5) is 28.3. The third-order valence-corrected chi connectivity index (χ3v) is 5.48. The van der Waals surface area contributed by atoms with E-state index in [0.29, 0.717) is 5.02 Å². The van der Waals surface area contributed by atoms with Gasteiger partial charge in [0.25, 0.3) is 5.91 Å². The Morgan fingerprint density at radius 3 is 2.65 bits per heavy atom. The fraction of sp³-hybridized carbons (Fsp3) is 0.0625. The van der Waals surface area contributed by atoms with Gasteiger partial charge in [0.2, 0.25) is 5.91 Å². The van der Waals surface area contributed by atoms with E-state index in [1.54, 1.807) is 24.3 Å². The van der Waals surface area contributed by atoms with Crippen LogP contribution in [0.5, 0.6) is 0 Å². The summed E-state index contributed by atoms with van der Waals surface area (Å²) < 4.78 is 1.87. The highest BCUT2D eigenvalue weighted by Crippen LogP contribution is 2.29. The van der Waals surface area contributed by atoms with Crippen molar-refractivity contribution in [1.82, 2.24) is 10.3 Å². The summed E-state index contributed by atoms with van der Waals surface area (Å²) in [6.07, 6.45) is 0. The zero-order valence-corrected chi connectivity index (χ0v) is 14.2. The first kappa shape index (κ1) is 16.0. The lowest BCUT2D eigenvalue weighted by Gasteiger charge is -2.04. The van der Waals surface area contributed by atoms with Crippen molar-refractivity contribution < 1.29 is 9.59 Å². The van der Waals surface area contributed by atoms with E-state index in [4.69, 9.17) is 11.6 Å². The molecule has 116 valence electrons. The minimum Gasteiger partial charge on any atom is -0.292 e. The topological polar surface area (TPSA) is 59.1 Å². The van der Waals surface area contributed by atoms with Crippen LogP contribution in [0.1, 0.15) is 10.4 Å². The largest absolute Gasteiger partial charge is 0.292 e. The zero-order valence-electron chi connectivity index (χ0n) is 11.8. The summed E-state index contributed by atoms with van der Waals surface area (Å²) in [7, 11) is 0. The number of benzene rings is 2. The van der Waals surface area contributed by atoms with E-state index in [-0.39, 0.29) is 17.2 Å². The highest BCUT2D eigenvalue weighted by molar-refractivity contribution is 8.01. The molecule has 0 saturated carbocycles. The Kier molecular flexibility index (Phi) is 4.95. The predicted octanol–water partition coefficient (Wildman–Crippen LogP) is 4.00. The molecule has 3 rings (SSSR count). The van der Waals surface area contributed by atoms with Gasteiger partial charge in [0.1, 0.15) is 0 Å². The molecule has 3 aromatic rings. The Morgan fingerprint density at radius 1 is 1.13 bits per heavy atom. The van der Waals surface area contributed by atoms with Crippen molar-refractivity contribution in [2.75, 3.05) is 5.75 Å². The van der Waals surface area contributed by atoms with Gasteiger partial charge in [-0.15, -0.1) is 11.3 Å². The number of rotatable bonds is 4. The van der Waals surface area contributed by atoms with Crippen molar-refractivity contribution in [3.8, 4) is 0 Å². The molecule has 0 aliphatic carbocycles. The maximum atomic E-state index is 12.0. The smallest absolute Gasteiger partial charge is 0.259 e. The molecule has 1 N–H and O–H groups in total. The molecule has 0 atom stereocenters. The van der Waals surface area contributed by atoms with E-state index < -0.39 is 5.91 Å². The van der Waals surface area contributed by atoms with Gasteiger partial charge in [0.05, 0.1) is 26.6 Å². The molecule has 0 bridgehead atoms. The molecule has 2 aromatic carbocycles. The molecule has 4 nitrogen and oxygen atoms in total. The normalized spacial score (nSPS) is 10.7. The average Bonchev–Trinajstić information content (AvgIpc) is 2.96. The van der Waals surface area contributed by atoms with Crippen molar-refractivity contribution in [2.45, 2.75) is 4.34 Å². The van der Waals surface area contributed by atoms with Crippen LogP contribution in [0, 0.1) is 0 Å². The van der Waals surface area contributed by atoms with Gasteiger partial charge in [0.15, 0.2) is 4.34 Å². The third-order valence-electron chi connectivity index (χ3n) is 2.97. The standard InChI is InChI=1S/C16H11ClN2O2S2/c17-11-6-2-1-5-10(11)15(21)19-14(20)9-22-16-18-12-7-3-4-8-13(12)23-16/h1-8H,9H2,(H,19,20,21). The van der Waals surface area contributed by atoms with Gasteiger partial charge in [-0.05, 0) is 24.3 Å². The number of carbonyl (C=O) groups is 2. The number of para-hydroxylation sites is 1. The van der Waals surface area contributed by atoms with Crippen LogP contribution in [-0.2, 0) is 4.79 Å². The molecule has 0 fully saturated rings. The predicted molar refractivity (Wildman–Crippen MR) is 94.3 cm³/mol. The van der Waals surface area contributed by atoms with E-state index in [9.17, 15) is 9.59 Å². The number of carbonyl (C=O) groups excluding carboxylic acids is 2. The van der Waals surface area contributed by atoms with Gasteiger partial charge in [-0.2, -0.15) is 0 Å². The second-order valence-corrected chi connectivity index (χ2v) is 7.25. The number of aromatic nitrogens is 1. The number of fused-ring (bicyclic) bond motifs is 1. The van der Waals surface area contributed by atoms with Crippen molar-refractivity contribution >= 4 is 56.7 Å². The van der Waals surface area contributed by atoms with Gasteiger partial charge >= 0.3 is 0 Å². The van der Waals surface area contributed by atoms with E-state index >= 15 is 0 Å². The minimum atomic E-state index is -0.495. The molecule has 0 unspecified atom stereocenters. The molecular formula is C16H11ClN2O2S2. The molecule has 0 spiro atoms. The van der Waals surface area contributed by atoms with Crippen LogP contribution < -0.4 is 5.32 Å². The first-order valence-corrected chi connectivity index (χ1v) is 8.88. The van der Waals surface area contributed by atoms with Gasteiger partial charge in [-0.1, -0.05) is 47.6 Å². The van der Waals surface area contributed by atoms with Crippen LogP contribution in [0.2, 0.25) is 5.02 Å². The fourth-order valence-corrected chi connectivity index (χ4v) is 4.01. The Balaban J connectivity index is 1.59. The molecule has 0 saturated heterocycles. The van der Waals surface area contributed by atoms with Crippen molar-refractivity contribution in [2.24, 2.45) is 0 Å². The second kappa shape index (κ2) is 7.12. The quantitative estimate of drug-likeness (QED) is 0.713. The van der Waals surface area contributed by atoms with Crippen LogP contribution in [0.25, 0.3) is 10.2 Å². The second-order valence-electron chi connectivity index (χ2n) is 4.59. The van der Waals surface area contributed by atoms with Gasteiger partial charge in [-0.3, -0.25) is 14.9 Å². The molecule has 0 radical (unpaired) electrons. The number of amides is 2. The molecule has 7 heteroatoms. The van der Waals surface area contributed by atoms with Crippen LogP contribution in [0.3, 0.4) is 0 Å². The van der Waals surface area contributed by atoms with Gasteiger partial charge in [-0.25, -0.2) is 4.98 Å². The number of thioether (sulfide) groups is 1. The number of imide groups is 1. The van der Waals surface area contributed by atoms with Crippen molar-refractivity contribution in [3.63, 3.8) is 0 Å². The maximum absolute atomic E-state index is 12.0. The summed E-state index contributed by atoms with van der Waals surface area (Å²) in [5, 5.41) is 2.65. The highest BCUT2D eigenvalue weighted by Gasteiger charge is 2.14. The van der Waals surface area contributed by atoms with E-state index in [2.05, 4.69) is 10.3 Å². The minimum absolute atomic E-state index is 0.121. The van der Waals surface area contributed by atoms with Crippen molar-refractivity contribution in [1.29, 1.82) is 0 Å². The lowest BCUT2D eigenvalue weighted by atomic mass is 10.2. The summed E-state index contributed by atoms with van der Waals surface area (Å²) in [5.41, 5.74) is 1.19. The Bertz CT molecular complexity index is 846. The summed E-state index contributed by atoms with van der Waals surface area (Å²) in [6, 6.07) is 14.4. The summed E-state index contributed by atoms with van der Waals surface area (Å²) in [5.74, 6) is -0.750. The summed E-state index contributed by atoms with van der Waals surface area (Å²) in [6.45, 7) is 0. The Labute approximate surface area is 145 Å². The van der Waals surface area contributed by atoms with Gasteiger partial charge in [0, 0.05) is 0 Å². The number of nitrogens with zero attached hydrogens (tertiary/aromatic N) is 1. The first-order valence-electron chi connectivity index (χ1n) is 6.70. The highest BCUT2D eigenvalue weighted by atomic mass is 35.5. The fourth-order valence-electron chi connectivity index (χ4n) is 1.92. The van der Waals surface area contributed by atoms with Crippen LogP contribution in [-0.4, -0.2) is 22.6 Å². The SMILES string of the molecule is O=C(CSc1nc2ccccc2s1)NC(=O)c1ccccc1Cl. The molecule has 1 heterocycles. The van der Waals surface area contributed by atoms with Crippen LogP contribution in [0.15, 0.2) is 52.9 Å². The lowest BCUT2D eigenvalue weighted by molar-refractivity contribution is -0.117. The van der Waals surface area contributed by atoms with Crippen molar-refractivity contribution in [3.05, 3.63) is 59.1 Å². The van der Waals surface area contributed by atoms with Crippen LogP contribution in [0.4, 0.5) is 0 Å². The Morgan fingerprint density at radius 2 is 1.87 bits per heavy atom. The molecular weight excluding hydrogens is 352 g/mol. The zero-order chi connectivity index (χ0) is 16.2. The van der Waals surface area contributed by atoms with Crippen LogP contribution >= 0.6 is 34.7 Å². The van der Waals surface area contributed by atoms with E-state index in [1.165, 1.54) is 23.1 Å². The molecule has 0 aliphatic rings. The van der Waals surface area contributed by atoms with E-state index in [1.807, 2.05) is 24.3 Å². The van der Waals surface area contributed by atoms with Gasteiger partial charge < -0.3 is 0 Å². The number of halogens is 1. The average molecular weight is 363 g/mol. The summed E-state index contributed by atoms with van der Waals surface area (Å²) >= 11 is 8.76. The number of hydrogen-bond acceptors (Lipinski definition) is 5. The maximum Gasteiger partial charge on any atom is 0.259 e. The number of thiazole rings is 1. The molecule has 1 aromatic heterocycles. The molecule has 0 aliphatic heterocycles. The third kappa shape index (κ3) is 3.90. The molecule has 2 amide bonds. The Hall–Kier alpha value is -1.89. The number of nitrogens with one attached hydrogen (secondary N) is 1. The van der Waals surface area contributed by atoms with E-state index in [0.717, 1.165) is 14.6 Å². The number of hydrogen-bond donors (Lipinski definition) is 1. The lowest BCUT2D eigenvalue weighted by Crippen LogP contribution is -2.31. The molecule has 23 heavy (non-hydrogen) atoms.